The van der Waals surface area contributed by atoms with Crippen LogP contribution in [0.5, 0.6) is 0 Å². The van der Waals surface area contributed by atoms with Crippen LogP contribution in [0, 0.1) is 0 Å². The molecule has 4 heteroatoms. The number of esters is 1. The summed E-state index contributed by atoms with van der Waals surface area (Å²) in [5.41, 5.74) is 1.87. The van der Waals surface area contributed by atoms with Gasteiger partial charge in [-0.1, -0.05) is 15.9 Å². The molecule has 0 N–H and O–H groups in total. The molecule has 0 fully saturated rings. The minimum Gasteiger partial charge on any atom is -0.462 e. The summed E-state index contributed by atoms with van der Waals surface area (Å²) in [7, 11) is 0. The third-order valence-corrected chi connectivity index (χ3v) is 3.77. The number of carbonyl (C=O) groups is 1. The van der Waals surface area contributed by atoms with Gasteiger partial charge in [-0.25, -0.2) is 4.79 Å². The van der Waals surface area contributed by atoms with Crippen LogP contribution in [0.15, 0.2) is 23.1 Å². The van der Waals surface area contributed by atoms with E-state index in [1.807, 2.05) is 25.1 Å². The number of benzene rings is 1. The topological polar surface area (TPSA) is 26.3 Å². The summed E-state index contributed by atoms with van der Waals surface area (Å²) >= 11 is 5.14. The second-order valence-electron chi connectivity index (χ2n) is 3.54. The predicted molar refractivity (Wildman–Crippen MR) is 76.3 cm³/mol. The van der Waals surface area contributed by atoms with E-state index in [1.165, 1.54) is 10.5 Å². The predicted octanol–water partition coefficient (Wildman–Crippen LogP) is 3.91. The Morgan fingerprint density at radius 2 is 2.24 bits per heavy atom. The highest BCUT2D eigenvalue weighted by Crippen LogP contribution is 2.23. The average Bonchev–Trinajstić information content (AvgIpc) is 2.36. The molecular weight excluding hydrogens is 300 g/mol. The quantitative estimate of drug-likeness (QED) is 0.452. The van der Waals surface area contributed by atoms with Crippen molar-refractivity contribution in [1.82, 2.24) is 0 Å². The molecule has 0 bridgehead atoms. The van der Waals surface area contributed by atoms with Crippen molar-refractivity contribution in [2.45, 2.75) is 24.7 Å². The molecule has 0 saturated carbocycles. The van der Waals surface area contributed by atoms with Crippen LogP contribution in [0.1, 0.15) is 29.3 Å². The van der Waals surface area contributed by atoms with E-state index in [9.17, 15) is 4.79 Å². The van der Waals surface area contributed by atoms with E-state index >= 15 is 0 Å². The van der Waals surface area contributed by atoms with Gasteiger partial charge in [-0.2, -0.15) is 0 Å². The summed E-state index contributed by atoms with van der Waals surface area (Å²) in [6.07, 6.45) is 4.10. The fourth-order valence-corrected chi connectivity index (χ4v) is 2.48. The first-order valence-corrected chi connectivity index (χ1v) is 7.97. The van der Waals surface area contributed by atoms with Crippen molar-refractivity contribution in [1.29, 1.82) is 0 Å². The number of ether oxygens (including phenoxy) is 1. The molecule has 0 saturated heterocycles. The molecule has 0 heterocycles. The van der Waals surface area contributed by atoms with Gasteiger partial charge >= 0.3 is 5.97 Å². The molecule has 0 unspecified atom stereocenters. The van der Waals surface area contributed by atoms with E-state index in [0.717, 1.165) is 18.2 Å². The van der Waals surface area contributed by atoms with Crippen LogP contribution in [0.2, 0.25) is 0 Å². The second-order valence-corrected chi connectivity index (χ2v) is 5.18. The molecule has 1 rings (SSSR count). The second kappa shape index (κ2) is 7.77. The van der Waals surface area contributed by atoms with Crippen LogP contribution >= 0.6 is 27.7 Å². The van der Waals surface area contributed by atoms with Gasteiger partial charge in [0.25, 0.3) is 0 Å². The van der Waals surface area contributed by atoms with Gasteiger partial charge in [0, 0.05) is 10.2 Å². The molecule has 0 atom stereocenters. The molecular formula is C13H17BrO2S. The number of alkyl halides is 1. The molecule has 1 aromatic carbocycles. The molecule has 1 aromatic rings. The van der Waals surface area contributed by atoms with E-state index in [1.54, 1.807) is 11.8 Å². The highest BCUT2D eigenvalue weighted by molar-refractivity contribution is 9.09. The number of halogens is 1. The fraction of sp³-hybridized carbons (Fsp3) is 0.462. The van der Waals surface area contributed by atoms with E-state index in [0.29, 0.717) is 12.2 Å². The molecule has 0 aromatic heterocycles. The van der Waals surface area contributed by atoms with E-state index in [2.05, 4.69) is 22.2 Å². The molecule has 0 amide bonds. The summed E-state index contributed by atoms with van der Waals surface area (Å²) in [5, 5.41) is 0.977. The van der Waals surface area contributed by atoms with Gasteiger partial charge in [0.15, 0.2) is 0 Å². The number of rotatable bonds is 6. The van der Waals surface area contributed by atoms with Crippen molar-refractivity contribution in [2.75, 3.05) is 18.2 Å². The minimum atomic E-state index is -0.236. The number of hydrogen-bond donors (Lipinski definition) is 0. The van der Waals surface area contributed by atoms with Crippen molar-refractivity contribution in [2.24, 2.45) is 0 Å². The number of hydrogen-bond acceptors (Lipinski definition) is 3. The van der Waals surface area contributed by atoms with Crippen LogP contribution in [0.4, 0.5) is 0 Å². The fourth-order valence-electron chi connectivity index (χ4n) is 1.57. The van der Waals surface area contributed by atoms with Crippen molar-refractivity contribution in [3.05, 3.63) is 29.3 Å². The van der Waals surface area contributed by atoms with Gasteiger partial charge < -0.3 is 4.74 Å². The normalized spacial score (nSPS) is 10.3. The number of aryl methyl sites for hydroxylation is 1. The molecule has 17 heavy (non-hydrogen) atoms. The Bertz CT molecular complexity index is 380. The molecule has 94 valence electrons. The lowest BCUT2D eigenvalue weighted by Gasteiger charge is -2.09. The van der Waals surface area contributed by atoms with Crippen LogP contribution in [-0.4, -0.2) is 24.2 Å². The summed E-state index contributed by atoms with van der Waals surface area (Å²) in [6, 6.07) is 5.79. The standard InChI is InChI=1S/C13H17BrO2S/c1-3-16-13(15)11-6-7-12(17-2)10(9-11)5-4-8-14/h6-7,9H,3-5,8H2,1-2H3. The zero-order valence-electron chi connectivity index (χ0n) is 10.2. The Labute approximate surface area is 115 Å². The maximum absolute atomic E-state index is 11.6. The van der Waals surface area contributed by atoms with Gasteiger partial charge in [-0.05, 0) is 49.8 Å². The Balaban J connectivity index is 2.91. The zero-order chi connectivity index (χ0) is 12.7. The SMILES string of the molecule is CCOC(=O)c1ccc(SC)c(CCCBr)c1. The van der Waals surface area contributed by atoms with Gasteiger partial charge in [0.05, 0.1) is 12.2 Å². The number of thioether (sulfide) groups is 1. The molecule has 0 radical (unpaired) electrons. The van der Waals surface area contributed by atoms with Gasteiger partial charge in [0.2, 0.25) is 0 Å². The highest BCUT2D eigenvalue weighted by Gasteiger charge is 2.09. The summed E-state index contributed by atoms with van der Waals surface area (Å²) in [6.45, 7) is 2.24. The maximum Gasteiger partial charge on any atom is 0.338 e. The third-order valence-electron chi connectivity index (χ3n) is 2.37. The Morgan fingerprint density at radius 3 is 2.82 bits per heavy atom. The first kappa shape index (κ1) is 14.6. The first-order valence-electron chi connectivity index (χ1n) is 5.63. The van der Waals surface area contributed by atoms with E-state index in [4.69, 9.17) is 4.74 Å². The Morgan fingerprint density at radius 1 is 1.47 bits per heavy atom. The largest absolute Gasteiger partial charge is 0.462 e. The van der Waals surface area contributed by atoms with Crippen LogP contribution < -0.4 is 0 Å². The molecule has 2 nitrogen and oxygen atoms in total. The lowest BCUT2D eigenvalue weighted by atomic mass is 10.1. The van der Waals surface area contributed by atoms with Crippen LogP contribution in [0.3, 0.4) is 0 Å². The molecule has 0 aliphatic rings. The Kier molecular flexibility index (Phi) is 6.66. The van der Waals surface area contributed by atoms with E-state index in [-0.39, 0.29) is 5.97 Å². The third kappa shape index (κ3) is 4.36. The van der Waals surface area contributed by atoms with E-state index < -0.39 is 0 Å². The molecule has 0 aliphatic carbocycles. The highest BCUT2D eigenvalue weighted by atomic mass is 79.9. The van der Waals surface area contributed by atoms with Crippen LogP contribution in [0.25, 0.3) is 0 Å². The summed E-state index contributed by atoms with van der Waals surface area (Å²) < 4.78 is 5.01. The lowest BCUT2D eigenvalue weighted by molar-refractivity contribution is 0.0526. The molecule has 0 spiro atoms. The monoisotopic (exact) mass is 316 g/mol. The maximum atomic E-state index is 11.6. The zero-order valence-corrected chi connectivity index (χ0v) is 12.6. The smallest absolute Gasteiger partial charge is 0.338 e. The average molecular weight is 317 g/mol. The van der Waals surface area contributed by atoms with Gasteiger partial charge in [0.1, 0.15) is 0 Å². The summed E-state index contributed by atoms with van der Waals surface area (Å²) in [5.74, 6) is -0.236. The van der Waals surface area contributed by atoms with Crippen molar-refractivity contribution in [3.63, 3.8) is 0 Å². The number of carbonyl (C=O) groups excluding carboxylic acids is 1. The van der Waals surface area contributed by atoms with Crippen molar-refractivity contribution < 1.29 is 9.53 Å². The minimum absolute atomic E-state index is 0.236. The first-order chi connectivity index (χ1) is 8.22. The summed E-state index contributed by atoms with van der Waals surface area (Å²) in [4.78, 5) is 12.9. The van der Waals surface area contributed by atoms with Gasteiger partial charge in [-0.3, -0.25) is 0 Å². The van der Waals surface area contributed by atoms with Crippen molar-refractivity contribution in [3.8, 4) is 0 Å². The van der Waals surface area contributed by atoms with Crippen molar-refractivity contribution >= 4 is 33.7 Å². The molecule has 0 aliphatic heterocycles. The Hall–Kier alpha value is -0.480. The van der Waals surface area contributed by atoms with Gasteiger partial charge in [-0.15, -0.1) is 11.8 Å². The van der Waals surface area contributed by atoms with Crippen LogP contribution in [-0.2, 0) is 11.2 Å². The lowest BCUT2D eigenvalue weighted by Crippen LogP contribution is -2.05.